The maximum absolute atomic E-state index is 12.8. The van der Waals surface area contributed by atoms with E-state index >= 15 is 0 Å². The zero-order valence-electron chi connectivity index (χ0n) is 14.3. The van der Waals surface area contributed by atoms with E-state index in [9.17, 15) is 9.59 Å². The lowest BCUT2D eigenvalue weighted by atomic mass is 10.1. The van der Waals surface area contributed by atoms with Gasteiger partial charge in [0.1, 0.15) is 6.10 Å². The predicted octanol–water partition coefficient (Wildman–Crippen LogP) is 2.13. The van der Waals surface area contributed by atoms with Crippen molar-refractivity contribution in [2.45, 2.75) is 19.4 Å². The maximum Gasteiger partial charge on any atom is 0.295 e. The van der Waals surface area contributed by atoms with E-state index in [2.05, 4.69) is 15.0 Å². The number of aryl methyl sites for hydroxylation is 1. The SMILES string of the molecule is Cc1[nH]c2ccccc2c1C(=O)C(=O)N1CCC(Oc2cnccn2)C1. The summed E-state index contributed by atoms with van der Waals surface area (Å²) in [5.74, 6) is -0.561. The average Bonchev–Trinajstić information content (AvgIpc) is 3.25. The molecule has 3 aromatic rings. The highest BCUT2D eigenvalue weighted by molar-refractivity contribution is 6.45. The molecule has 26 heavy (non-hydrogen) atoms. The number of nitrogens with zero attached hydrogens (tertiary/aromatic N) is 3. The highest BCUT2D eigenvalue weighted by atomic mass is 16.5. The summed E-state index contributed by atoms with van der Waals surface area (Å²) < 4.78 is 5.74. The smallest absolute Gasteiger partial charge is 0.295 e. The van der Waals surface area contributed by atoms with Crippen LogP contribution in [0.15, 0.2) is 42.9 Å². The van der Waals surface area contributed by atoms with E-state index < -0.39 is 11.7 Å². The minimum Gasteiger partial charge on any atom is -0.471 e. The van der Waals surface area contributed by atoms with Gasteiger partial charge in [0.05, 0.1) is 18.3 Å². The molecule has 0 saturated carbocycles. The Bertz CT molecular complexity index is 967. The Morgan fingerprint density at radius 2 is 2.12 bits per heavy atom. The summed E-state index contributed by atoms with van der Waals surface area (Å²) in [6.45, 7) is 2.66. The van der Waals surface area contributed by atoms with Crippen molar-refractivity contribution < 1.29 is 14.3 Å². The number of ketones is 1. The molecule has 0 spiro atoms. The molecule has 7 heteroatoms. The first kappa shape index (κ1) is 16.3. The Labute approximate surface area is 150 Å². The van der Waals surface area contributed by atoms with Crippen molar-refractivity contribution in [3.05, 3.63) is 54.1 Å². The van der Waals surface area contributed by atoms with Crippen LogP contribution in [0.5, 0.6) is 5.88 Å². The fraction of sp³-hybridized carbons (Fsp3) is 0.263. The maximum atomic E-state index is 12.8. The number of nitrogens with one attached hydrogen (secondary N) is 1. The Morgan fingerprint density at radius 1 is 1.27 bits per heavy atom. The monoisotopic (exact) mass is 350 g/mol. The van der Waals surface area contributed by atoms with E-state index in [0.29, 0.717) is 36.6 Å². The molecule has 1 unspecified atom stereocenters. The molecule has 7 nitrogen and oxygen atoms in total. The standard InChI is InChI=1S/C19H18N4O3/c1-12-17(14-4-2-3-5-15(14)22-12)18(24)19(25)23-9-6-13(11-23)26-16-10-20-7-8-21-16/h2-5,7-8,10,13,22H,6,9,11H2,1H3. The van der Waals surface area contributed by atoms with E-state index in [1.165, 1.54) is 6.20 Å². The van der Waals surface area contributed by atoms with Crippen LogP contribution in [-0.4, -0.2) is 50.7 Å². The van der Waals surface area contributed by atoms with Crippen LogP contribution < -0.4 is 4.74 Å². The molecule has 1 aliphatic heterocycles. The first-order valence-corrected chi connectivity index (χ1v) is 8.47. The van der Waals surface area contributed by atoms with E-state index in [4.69, 9.17) is 4.74 Å². The zero-order chi connectivity index (χ0) is 18.1. The molecule has 0 bridgehead atoms. The minimum absolute atomic E-state index is 0.187. The van der Waals surface area contributed by atoms with Crippen molar-refractivity contribution in [1.82, 2.24) is 19.9 Å². The van der Waals surface area contributed by atoms with Crippen LogP contribution in [0.4, 0.5) is 0 Å². The predicted molar refractivity (Wildman–Crippen MR) is 95.0 cm³/mol. The lowest BCUT2D eigenvalue weighted by molar-refractivity contribution is -0.125. The van der Waals surface area contributed by atoms with Gasteiger partial charge in [0, 0.05) is 42.0 Å². The molecule has 132 valence electrons. The van der Waals surface area contributed by atoms with E-state index in [0.717, 1.165) is 10.9 Å². The summed E-state index contributed by atoms with van der Waals surface area (Å²) >= 11 is 0. The van der Waals surface area contributed by atoms with Gasteiger partial charge in [-0.2, -0.15) is 0 Å². The van der Waals surface area contributed by atoms with Crippen molar-refractivity contribution in [1.29, 1.82) is 0 Å². The molecule has 1 atom stereocenters. The molecule has 1 fully saturated rings. The first-order chi connectivity index (χ1) is 12.6. The van der Waals surface area contributed by atoms with Gasteiger partial charge < -0.3 is 14.6 Å². The van der Waals surface area contributed by atoms with Crippen LogP contribution in [0.2, 0.25) is 0 Å². The number of carbonyl (C=O) groups is 2. The number of hydrogen-bond acceptors (Lipinski definition) is 5. The quantitative estimate of drug-likeness (QED) is 0.575. The van der Waals surface area contributed by atoms with Gasteiger partial charge in [0.2, 0.25) is 5.88 Å². The van der Waals surface area contributed by atoms with Crippen LogP contribution in [0.1, 0.15) is 22.5 Å². The molecular weight excluding hydrogens is 332 g/mol. The van der Waals surface area contributed by atoms with Gasteiger partial charge >= 0.3 is 0 Å². The van der Waals surface area contributed by atoms with Gasteiger partial charge in [-0.15, -0.1) is 0 Å². The number of H-pyrrole nitrogens is 1. The second-order valence-electron chi connectivity index (χ2n) is 6.32. The number of fused-ring (bicyclic) bond motifs is 1. The van der Waals surface area contributed by atoms with Crippen molar-refractivity contribution in [3.8, 4) is 5.88 Å². The molecular formula is C19H18N4O3. The fourth-order valence-corrected chi connectivity index (χ4v) is 3.35. The largest absolute Gasteiger partial charge is 0.471 e. The number of Topliss-reactive ketones (excluding diaryl/α,β-unsaturated/α-hetero) is 1. The molecule has 3 heterocycles. The molecule has 0 radical (unpaired) electrons. The summed E-state index contributed by atoms with van der Waals surface area (Å²) in [4.78, 5) is 38.3. The first-order valence-electron chi connectivity index (χ1n) is 8.47. The lowest BCUT2D eigenvalue weighted by Gasteiger charge is -2.16. The van der Waals surface area contributed by atoms with Gasteiger partial charge in [-0.1, -0.05) is 18.2 Å². The molecule has 1 saturated heterocycles. The number of carbonyl (C=O) groups excluding carboxylic acids is 2. The van der Waals surface area contributed by atoms with Gasteiger partial charge in [0.25, 0.3) is 11.7 Å². The number of aromatic nitrogens is 3. The van der Waals surface area contributed by atoms with Gasteiger partial charge in [-0.05, 0) is 13.0 Å². The molecule has 1 N–H and O–H groups in total. The van der Waals surface area contributed by atoms with Crippen molar-refractivity contribution >= 4 is 22.6 Å². The Kier molecular flexibility index (Phi) is 4.12. The number of amides is 1. The van der Waals surface area contributed by atoms with Crippen molar-refractivity contribution in [2.75, 3.05) is 13.1 Å². The summed E-state index contributed by atoms with van der Waals surface area (Å²) in [5.41, 5.74) is 2.01. The van der Waals surface area contributed by atoms with Crippen LogP contribution in [0.25, 0.3) is 10.9 Å². The molecule has 2 aromatic heterocycles. The number of rotatable bonds is 4. The normalized spacial score (nSPS) is 16.8. The molecule has 1 amide bonds. The Hall–Kier alpha value is -3.22. The minimum atomic E-state index is -0.497. The molecule has 1 aliphatic rings. The Morgan fingerprint density at radius 3 is 2.92 bits per heavy atom. The fourth-order valence-electron chi connectivity index (χ4n) is 3.35. The summed E-state index contributed by atoms with van der Waals surface area (Å²) in [5, 5.41) is 0.773. The summed E-state index contributed by atoms with van der Waals surface area (Å²) in [6.07, 6.45) is 5.12. The van der Waals surface area contributed by atoms with Gasteiger partial charge in [-0.25, -0.2) is 4.98 Å². The number of likely N-dealkylation sites (tertiary alicyclic amines) is 1. The number of benzene rings is 1. The van der Waals surface area contributed by atoms with Crippen LogP contribution in [-0.2, 0) is 4.79 Å². The summed E-state index contributed by atoms with van der Waals surface area (Å²) in [6, 6.07) is 7.49. The van der Waals surface area contributed by atoms with Crippen LogP contribution in [0, 0.1) is 6.92 Å². The third kappa shape index (κ3) is 2.92. The van der Waals surface area contributed by atoms with Crippen molar-refractivity contribution in [2.24, 2.45) is 0 Å². The zero-order valence-corrected chi connectivity index (χ0v) is 14.3. The third-order valence-electron chi connectivity index (χ3n) is 4.57. The van der Waals surface area contributed by atoms with E-state index in [1.54, 1.807) is 17.3 Å². The van der Waals surface area contributed by atoms with E-state index in [1.807, 2.05) is 31.2 Å². The van der Waals surface area contributed by atoms with E-state index in [-0.39, 0.29) is 6.10 Å². The Balaban J connectivity index is 1.49. The third-order valence-corrected chi connectivity index (χ3v) is 4.57. The van der Waals surface area contributed by atoms with Crippen LogP contribution >= 0.6 is 0 Å². The number of hydrogen-bond donors (Lipinski definition) is 1. The number of aromatic amines is 1. The number of para-hydroxylation sites is 1. The molecule has 4 rings (SSSR count). The highest BCUT2D eigenvalue weighted by Crippen LogP contribution is 2.24. The second kappa shape index (κ2) is 6.59. The molecule has 0 aliphatic carbocycles. The molecule has 1 aromatic carbocycles. The highest BCUT2D eigenvalue weighted by Gasteiger charge is 2.33. The van der Waals surface area contributed by atoms with Gasteiger partial charge in [-0.3, -0.25) is 14.6 Å². The van der Waals surface area contributed by atoms with Crippen LogP contribution in [0.3, 0.4) is 0 Å². The summed E-state index contributed by atoms with van der Waals surface area (Å²) in [7, 11) is 0. The van der Waals surface area contributed by atoms with Crippen molar-refractivity contribution in [3.63, 3.8) is 0 Å². The lowest BCUT2D eigenvalue weighted by Crippen LogP contribution is -2.36. The number of ether oxygens (including phenoxy) is 1. The average molecular weight is 350 g/mol. The van der Waals surface area contributed by atoms with Gasteiger partial charge in [0.15, 0.2) is 0 Å². The topological polar surface area (TPSA) is 88.2 Å². The second-order valence-corrected chi connectivity index (χ2v) is 6.32.